The quantitative estimate of drug-likeness (QED) is 0.780. The van der Waals surface area contributed by atoms with Crippen LogP contribution in [-0.4, -0.2) is 74.2 Å². The van der Waals surface area contributed by atoms with Crippen molar-refractivity contribution in [1.29, 1.82) is 0 Å². The molecule has 2 aliphatic heterocycles. The third-order valence-corrected chi connectivity index (χ3v) is 7.22. The first-order valence-electron chi connectivity index (χ1n) is 9.58. The molecule has 2 fully saturated rings. The van der Waals surface area contributed by atoms with Gasteiger partial charge in [-0.15, -0.1) is 0 Å². The van der Waals surface area contributed by atoms with E-state index in [0.29, 0.717) is 18.0 Å². The molecule has 0 saturated carbocycles. The number of hydrogen-bond acceptors (Lipinski definition) is 4. The summed E-state index contributed by atoms with van der Waals surface area (Å²) in [7, 11) is -3.52. The Labute approximate surface area is 156 Å². The lowest BCUT2D eigenvalue weighted by Gasteiger charge is -2.38. The monoisotopic (exact) mass is 379 g/mol. The molecule has 2 aliphatic rings. The summed E-state index contributed by atoms with van der Waals surface area (Å²) in [6.07, 6.45) is 2.63. The van der Waals surface area contributed by atoms with Crippen molar-refractivity contribution in [2.45, 2.75) is 31.1 Å². The Hall–Kier alpha value is -1.44. The number of rotatable bonds is 5. The minimum atomic E-state index is -3.52. The van der Waals surface area contributed by atoms with E-state index < -0.39 is 10.0 Å². The van der Waals surface area contributed by atoms with Crippen molar-refractivity contribution in [2.24, 2.45) is 5.92 Å². The van der Waals surface area contributed by atoms with Crippen molar-refractivity contribution in [3.8, 4) is 0 Å². The highest BCUT2D eigenvalue weighted by molar-refractivity contribution is 7.89. The molecule has 144 valence electrons. The zero-order valence-corrected chi connectivity index (χ0v) is 16.3. The standard InChI is InChI=1S/C19H29N3O3S/c1-2-10-20-12-14-21(15-13-20)19(23)17-7-6-11-22(16-17)26(24,25)18-8-4-3-5-9-18/h3-5,8-9,17H,2,6-7,10-16H2,1H3. The van der Waals surface area contributed by atoms with E-state index in [1.165, 1.54) is 4.31 Å². The Morgan fingerprint density at radius 1 is 1.08 bits per heavy atom. The number of carbonyl (C=O) groups excluding carboxylic acids is 1. The molecule has 1 amide bonds. The fourth-order valence-electron chi connectivity index (χ4n) is 3.87. The van der Waals surface area contributed by atoms with Crippen molar-refractivity contribution in [3.05, 3.63) is 30.3 Å². The van der Waals surface area contributed by atoms with E-state index in [1.807, 2.05) is 4.90 Å². The molecule has 7 heteroatoms. The van der Waals surface area contributed by atoms with Gasteiger partial charge in [0, 0.05) is 39.3 Å². The first-order valence-corrected chi connectivity index (χ1v) is 11.0. The Balaban J connectivity index is 1.63. The second-order valence-electron chi connectivity index (χ2n) is 7.18. The second kappa shape index (κ2) is 8.50. The van der Waals surface area contributed by atoms with E-state index in [4.69, 9.17) is 0 Å². The van der Waals surface area contributed by atoms with Crippen LogP contribution in [0.15, 0.2) is 35.2 Å². The predicted octanol–water partition coefficient (Wildman–Crippen LogP) is 1.64. The molecule has 1 aromatic rings. The topological polar surface area (TPSA) is 60.9 Å². The maximum absolute atomic E-state index is 12.9. The lowest BCUT2D eigenvalue weighted by molar-refractivity contribution is -0.138. The third kappa shape index (κ3) is 4.27. The molecule has 0 N–H and O–H groups in total. The highest BCUT2D eigenvalue weighted by Crippen LogP contribution is 2.25. The van der Waals surface area contributed by atoms with Gasteiger partial charge in [-0.05, 0) is 37.9 Å². The molecule has 0 bridgehead atoms. The van der Waals surface area contributed by atoms with Crippen LogP contribution in [0.1, 0.15) is 26.2 Å². The molecule has 1 unspecified atom stereocenters. The molecule has 0 aliphatic carbocycles. The predicted molar refractivity (Wildman–Crippen MR) is 101 cm³/mol. The highest BCUT2D eigenvalue weighted by atomic mass is 32.2. The van der Waals surface area contributed by atoms with Crippen LogP contribution in [0.2, 0.25) is 0 Å². The van der Waals surface area contributed by atoms with Crippen molar-refractivity contribution in [2.75, 3.05) is 45.8 Å². The number of piperidine rings is 1. The normalized spacial score (nSPS) is 23.1. The first-order chi connectivity index (χ1) is 12.5. The van der Waals surface area contributed by atoms with Crippen molar-refractivity contribution in [3.63, 3.8) is 0 Å². The van der Waals surface area contributed by atoms with Gasteiger partial charge < -0.3 is 4.90 Å². The molecular weight excluding hydrogens is 350 g/mol. The second-order valence-corrected chi connectivity index (χ2v) is 9.12. The number of sulfonamides is 1. The molecule has 0 aromatic heterocycles. The van der Waals surface area contributed by atoms with Crippen molar-refractivity contribution >= 4 is 15.9 Å². The minimum absolute atomic E-state index is 0.120. The summed E-state index contributed by atoms with van der Waals surface area (Å²) in [6.45, 7) is 7.37. The number of benzene rings is 1. The molecule has 1 atom stereocenters. The van der Waals surface area contributed by atoms with E-state index in [2.05, 4.69) is 11.8 Å². The lowest BCUT2D eigenvalue weighted by atomic mass is 9.98. The molecule has 1 aromatic carbocycles. The van der Waals surface area contributed by atoms with Crippen LogP contribution >= 0.6 is 0 Å². The van der Waals surface area contributed by atoms with Crippen LogP contribution in [0.25, 0.3) is 0 Å². The number of carbonyl (C=O) groups is 1. The number of nitrogens with zero attached hydrogens (tertiary/aromatic N) is 3. The molecule has 2 heterocycles. The van der Waals surface area contributed by atoms with Gasteiger partial charge in [0.15, 0.2) is 0 Å². The molecule has 3 rings (SSSR count). The Bertz CT molecular complexity index is 700. The number of hydrogen-bond donors (Lipinski definition) is 0. The first kappa shape index (κ1) is 19.3. The average molecular weight is 380 g/mol. The SMILES string of the molecule is CCCN1CCN(C(=O)C2CCCN(S(=O)(=O)c3ccccc3)C2)CC1. The van der Waals surface area contributed by atoms with E-state index in [0.717, 1.165) is 52.0 Å². The maximum Gasteiger partial charge on any atom is 0.243 e. The molecule has 0 radical (unpaired) electrons. The summed E-state index contributed by atoms with van der Waals surface area (Å²) < 4.78 is 27.2. The maximum atomic E-state index is 12.9. The zero-order chi connectivity index (χ0) is 18.6. The third-order valence-electron chi connectivity index (χ3n) is 5.34. The summed E-state index contributed by atoms with van der Waals surface area (Å²) in [4.78, 5) is 17.5. The van der Waals surface area contributed by atoms with E-state index in [1.54, 1.807) is 30.3 Å². The summed E-state index contributed by atoms with van der Waals surface area (Å²) >= 11 is 0. The average Bonchev–Trinajstić information content (AvgIpc) is 2.69. The van der Waals surface area contributed by atoms with Crippen LogP contribution in [-0.2, 0) is 14.8 Å². The summed E-state index contributed by atoms with van der Waals surface area (Å²) in [5.74, 6) is -0.103. The van der Waals surface area contributed by atoms with Crippen LogP contribution in [0.5, 0.6) is 0 Å². The fraction of sp³-hybridized carbons (Fsp3) is 0.632. The molecule has 26 heavy (non-hydrogen) atoms. The van der Waals surface area contributed by atoms with Crippen molar-refractivity contribution in [1.82, 2.24) is 14.1 Å². The largest absolute Gasteiger partial charge is 0.340 e. The summed E-state index contributed by atoms with van der Waals surface area (Å²) in [6, 6.07) is 8.51. The van der Waals surface area contributed by atoms with Crippen LogP contribution < -0.4 is 0 Å². The van der Waals surface area contributed by atoms with Gasteiger partial charge in [-0.25, -0.2) is 8.42 Å². The molecular formula is C19H29N3O3S. The van der Waals surface area contributed by atoms with E-state index in [-0.39, 0.29) is 11.8 Å². The molecule has 0 spiro atoms. The van der Waals surface area contributed by atoms with Gasteiger partial charge in [0.25, 0.3) is 0 Å². The fourth-order valence-corrected chi connectivity index (χ4v) is 5.41. The number of piperazine rings is 1. The number of amides is 1. The van der Waals surface area contributed by atoms with E-state index in [9.17, 15) is 13.2 Å². The Morgan fingerprint density at radius 3 is 2.42 bits per heavy atom. The van der Waals surface area contributed by atoms with Crippen LogP contribution in [0.3, 0.4) is 0 Å². The molecule has 6 nitrogen and oxygen atoms in total. The van der Waals surface area contributed by atoms with Gasteiger partial charge in [-0.1, -0.05) is 25.1 Å². The van der Waals surface area contributed by atoms with Gasteiger partial charge in [-0.3, -0.25) is 9.69 Å². The van der Waals surface area contributed by atoms with Gasteiger partial charge in [0.2, 0.25) is 15.9 Å². The van der Waals surface area contributed by atoms with Crippen molar-refractivity contribution < 1.29 is 13.2 Å². The molecule has 2 saturated heterocycles. The van der Waals surface area contributed by atoms with Gasteiger partial charge in [0.1, 0.15) is 0 Å². The Morgan fingerprint density at radius 2 is 1.77 bits per heavy atom. The van der Waals surface area contributed by atoms with Crippen LogP contribution in [0.4, 0.5) is 0 Å². The lowest BCUT2D eigenvalue weighted by Crippen LogP contribution is -2.53. The Kier molecular flexibility index (Phi) is 6.32. The van der Waals surface area contributed by atoms with E-state index >= 15 is 0 Å². The van der Waals surface area contributed by atoms with Gasteiger partial charge >= 0.3 is 0 Å². The minimum Gasteiger partial charge on any atom is -0.340 e. The smallest absolute Gasteiger partial charge is 0.243 e. The zero-order valence-electron chi connectivity index (χ0n) is 15.5. The van der Waals surface area contributed by atoms with Gasteiger partial charge in [0.05, 0.1) is 10.8 Å². The van der Waals surface area contributed by atoms with Crippen LogP contribution in [0, 0.1) is 5.92 Å². The highest BCUT2D eigenvalue weighted by Gasteiger charge is 2.35. The summed E-state index contributed by atoms with van der Waals surface area (Å²) in [5.41, 5.74) is 0. The summed E-state index contributed by atoms with van der Waals surface area (Å²) in [5, 5.41) is 0. The van der Waals surface area contributed by atoms with Gasteiger partial charge in [-0.2, -0.15) is 4.31 Å².